The van der Waals surface area contributed by atoms with Gasteiger partial charge >= 0.3 is 0 Å². The van der Waals surface area contributed by atoms with Gasteiger partial charge in [-0.05, 0) is 34.4 Å². The van der Waals surface area contributed by atoms with Crippen LogP contribution in [-0.2, 0) is 0 Å². The van der Waals surface area contributed by atoms with Crippen molar-refractivity contribution in [3.05, 3.63) is 255 Å². The van der Waals surface area contributed by atoms with Crippen LogP contribution >= 0.6 is 0 Å². The molecule has 0 amide bonds. The highest BCUT2D eigenvalue weighted by molar-refractivity contribution is 6.25. The zero-order valence-corrected chi connectivity index (χ0v) is 39.8. The quantitative estimate of drug-likeness (QED) is 0.143. The van der Waals surface area contributed by atoms with Gasteiger partial charge in [-0.25, -0.2) is 9.97 Å². The van der Waals surface area contributed by atoms with E-state index in [1.807, 2.05) is 72.8 Å². The van der Waals surface area contributed by atoms with Crippen molar-refractivity contribution >= 4 is 43.6 Å². The first kappa shape index (κ1) is 42.7. The van der Waals surface area contributed by atoms with E-state index in [4.69, 9.17) is 29.9 Å². The molecule has 0 radical (unpaired) electrons. The molecule has 4 aromatic heterocycles. The second kappa shape index (κ2) is 17.9. The molecule has 0 bridgehead atoms. The van der Waals surface area contributed by atoms with Crippen molar-refractivity contribution in [3.63, 3.8) is 0 Å². The maximum Gasteiger partial charge on any atom is 0.238 e. The minimum atomic E-state index is 0.526. The lowest BCUT2D eigenvalue weighted by molar-refractivity contribution is 0.953. The van der Waals surface area contributed by atoms with Crippen LogP contribution in [0.1, 0.15) is 0 Å². The molecule has 0 fully saturated rings. The van der Waals surface area contributed by atoms with Crippen LogP contribution < -0.4 is 0 Å². The standard InChI is InChI=1S/C66H42N8/c1-7-23-43(24-8-1)49-39-41-51(57-53-35-19-21-37-55(53)73(59(49)57)65-69-61(45-27-11-3-12-28-45)67-62(70-65)46-29-13-4-14-30-46)52-42-40-50(44-25-9-2-10-26-44)60-58(52)54-36-20-22-38-56(54)74(60)66-71-63(47-31-15-5-16-32-47)68-64(72-66)48-33-17-6-18-34-48/h1-42H. The lowest BCUT2D eigenvalue weighted by Gasteiger charge is -2.16. The van der Waals surface area contributed by atoms with E-state index < -0.39 is 0 Å². The van der Waals surface area contributed by atoms with Gasteiger partial charge in [-0.2, -0.15) is 19.9 Å². The van der Waals surface area contributed by atoms with Gasteiger partial charge in [0.15, 0.2) is 23.3 Å². The number of rotatable bonds is 9. The van der Waals surface area contributed by atoms with E-state index in [9.17, 15) is 0 Å². The average Bonchev–Trinajstić information content (AvgIpc) is 4.03. The molecule has 74 heavy (non-hydrogen) atoms. The fourth-order valence-corrected chi connectivity index (χ4v) is 10.6. The zero-order valence-electron chi connectivity index (χ0n) is 39.8. The highest BCUT2D eigenvalue weighted by atomic mass is 15.2. The summed E-state index contributed by atoms with van der Waals surface area (Å²) >= 11 is 0. The summed E-state index contributed by atoms with van der Waals surface area (Å²) < 4.78 is 4.49. The Morgan fingerprint density at radius 1 is 0.216 bits per heavy atom. The molecule has 8 nitrogen and oxygen atoms in total. The van der Waals surface area contributed by atoms with Gasteiger partial charge in [0.1, 0.15) is 0 Å². The molecule has 8 heteroatoms. The lowest BCUT2D eigenvalue weighted by Crippen LogP contribution is -2.07. The van der Waals surface area contributed by atoms with Crippen LogP contribution in [0.5, 0.6) is 0 Å². The molecule has 0 atom stereocenters. The smallest absolute Gasteiger partial charge is 0.238 e. The third-order valence-corrected chi connectivity index (χ3v) is 13.9. The Morgan fingerprint density at radius 3 is 0.784 bits per heavy atom. The molecule has 0 saturated heterocycles. The molecule has 0 unspecified atom stereocenters. The van der Waals surface area contributed by atoms with Gasteiger partial charge in [0.2, 0.25) is 11.9 Å². The molecular formula is C66H42N8. The summed E-state index contributed by atoms with van der Waals surface area (Å²) in [4.78, 5) is 31.6. The largest absolute Gasteiger partial charge is 0.277 e. The molecule has 0 aliphatic heterocycles. The summed E-state index contributed by atoms with van der Waals surface area (Å²) in [5, 5.41) is 4.29. The van der Waals surface area contributed by atoms with Gasteiger partial charge in [-0.3, -0.25) is 9.13 Å². The number of hydrogen-bond donors (Lipinski definition) is 0. The molecule has 14 aromatic rings. The summed E-state index contributed by atoms with van der Waals surface area (Å²) in [6, 6.07) is 88.2. The molecule has 10 aromatic carbocycles. The van der Waals surface area contributed by atoms with Crippen molar-refractivity contribution in [1.29, 1.82) is 0 Å². The van der Waals surface area contributed by atoms with Crippen molar-refractivity contribution in [2.75, 3.05) is 0 Å². The molecule has 0 saturated carbocycles. The maximum absolute atomic E-state index is 5.36. The Morgan fingerprint density at radius 2 is 0.473 bits per heavy atom. The summed E-state index contributed by atoms with van der Waals surface area (Å²) in [6.07, 6.45) is 0. The van der Waals surface area contributed by atoms with Crippen LogP contribution in [0.15, 0.2) is 255 Å². The molecule has 0 aliphatic rings. The third kappa shape index (κ3) is 7.23. The minimum Gasteiger partial charge on any atom is -0.277 e. The van der Waals surface area contributed by atoms with Gasteiger partial charge in [0.05, 0.1) is 22.1 Å². The van der Waals surface area contributed by atoms with E-state index >= 15 is 0 Å². The zero-order chi connectivity index (χ0) is 49.0. The Bertz CT molecular complexity index is 3990. The number of benzene rings is 10. The van der Waals surface area contributed by atoms with E-state index in [1.165, 1.54) is 0 Å². The Hall–Kier alpha value is -10.2. The number of nitrogens with zero attached hydrogens (tertiary/aromatic N) is 8. The number of fused-ring (bicyclic) bond motifs is 6. The summed E-state index contributed by atoms with van der Waals surface area (Å²) in [7, 11) is 0. The Kier molecular flexibility index (Phi) is 10.3. The van der Waals surface area contributed by atoms with E-state index in [1.54, 1.807) is 0 Å². The van der Waals surface area contributed by atoms with Crippen molar-refractivity contribution in [2.45, 2.75) is 0 Å². The van der Waals surface area contributed by atoms with Crippen LogP contribution in [-0.4, -0.2) is 39.0 Å². The molecule has 0 N–H and O–H groups in total. The third-order valence-electron chi connectivity index (χ3n) is 13.9. The number of hydrogen-bond acceptors (Lipinski definition) is 6. The first-order valence-electron chi connectivity index (χ1n) is 24.7. The first-order valence-corrected chi connectivity index (χ1v) is 24.7. The molecule has 346 valence electrons. The topological polar surface area (TPSA) is 87.2 Å². The minimum absolute atomic E-state index is 0.526. The fraction of sp³-hybridized carbons (Fsp3) is 0. The maximum atomic E-state index is 5.36. The predicted octanol–water partition coefficient (Wildman–Crippen LogP) is 15.9. The van der Waals surface area contributed by atoms with E-state index in [-0.39, 0.29) is 0 Å². The molecular weight excluding hydrogens is 905 g/mol. The molecule has 0 spiro atoms. The van der Waals surface area contributed by atoms with Crippen LogP contribution in [0.2, 0.25) is 0 Å². The summed E-state index contributed by atoms with van der Waals surface area (Å²) in [5.41, 5.74) is 13.9. The Labute approximate surface area is 426 Å². The van der Waals surface area contributed by atoms with E-state index in [2.05, 4.69) is 191 Å². The molecule has 0 aliphatic carbocycles. The summed E-state index contributed by atoms with van der Waals surface area (Å²) in [6.45, 7) is 0. The normalized spacial score (nSPS) is 11.5. The molecule has 14 rings (SSSR count). The van der Waals surface area contributed by atoms with Crippen LogP contribution in [0, 0.1) is 0 Å². The first-order chi connectivity index (χ1) is 36.7. The van der Waals surface area contributed by atoms with Crippen molar-refractivity contribution in [1.82, 2.24) is 39.0 Å². The number of para-hydroxylation sites is 2. The highest BCUT2D eigenvalue weighted by Crippen LogP contribution is 2.48. The van der Waals surface area contributed by atoms with E-state index in [0.29, 0.717) is 35.2 Å². The van der Waals surface area contributed by atoms with Gasteiger partial charge < -0.3 is 0 Å². The van der Waals surface area contributed by atoms with Gasteiger partial charge in [-0.1, -0.05) is 243 Å². The molecule has 4 heterocycles. The van der Waals surface area contributed by atoms with Crippen molar-refractivity contribution < 1.29 is 0 Å². The van der Waals surface area contributed by atoms with Gasteiger partial charge in [0.25, 0.3) is 0 Å². The van der Waals surface area contributed by atoms with Crippen LogP contribution in [0.25, 0.3) is 134 Å². The van der Waals surface area contributed by atoms with E-state index in [0.717, 1.165) is 99.2 Å². The highest BCUT2D eigenvalue weighted by Gasteiger charge is 2.27. The second-order valence-corrected chi connectivity index (χ2v) is 18.2. The fourth-order valence-electron chi connectivity index (χ4n) is 10.6. The van der Waals surface area contributed by atoms with Crippen LogP contribution in [0.4, 0.5) is 0 Å². The van der Waals surface area contributed by atoms with Gasteiger partial charge in [0, 0.05) is 54.9 Å². The van der Waals surface area contributed by atoms with Crippen molar-refractivity contribution in [3.8, 4) is 90.8 Å². The predicted molar refractivity (Wildman–Crippen MR) is 300 cm³/mol. The number of aromatic nitrogens is 8. The Balaban J connectivity index is 1.11. The average molecular weight is 947 g/mol. The van der Waals surface area contributed by atoms with Gasteiger partial charge in [-0.15, -0.1) is 0 Å². The lowest BCUT2D eigenvalue weighted by atomic mass is 9.90. The second-order valence-electron chi connectivity index (χ2n) is 18.2. The summed E-state index contributed by atoms with van der Waals surface area (Å²) in [5.74, 6) is 3.41. The van der Waals surface area contributed by atoms with Crippen molar-refractivity contribution in [2.24, 2.45) is 0 Å². The monoisotopic (exact) mass is 946 g/mol. The van der Waals surface area contributed by atoms with Crippen LogP contribution in [0.3, 0.4) is 0 Å². The SMILES string of the molecule is c1ccc(-c2nc(-c3ccccc3)nc(-n3c4ccccc4c4c(-c5ccc(-c6ccccc6)c6c5c5ccccc5n6-c5nc(-c6ccccc6)nc(-c6ccccc6)n5)ccc(-c5ccccc5)c43)n2)cc1.